The highest BCUT2D eigenvalue weighted by Crippen LogP contribution is 2.38. The molecular weight excluding hydrogens is 384 g/mol. The van der Waals surface area contributed by atoms with Crippen molar-refractivity contribution in [1.29, 1.82) is 0 Å². The van der Waals surface area contributed by atoms with Crippen molar-refractivity contribution in [3.63, 3.8) is 0 Å². The third-order valence-corrected chi connectivity index (χ3v) is 6.15. The number of nitrogens with zero attached hydrogens (tertiary/aromatic N) is 1. The Morgan fingerprint density at radius 3 is 2.38 bits per heavy atom. The summed E-state index contributed by atoms with van der Waals surface area (Å²) < 4.78 is 37.7. The van der Waals surface area contributed by atoms with Crippen LogP contribution in [0.3, 0.4) is 0 Å². The highest BCUT2D eigenvalue weighted by molar-refractivity contribution is 9.10. The van der Waals surface area contributed by atoms with Crippen molar-refractivity contribution in [2.45, 2.75) is 17.9 Å². The van der Waals surface area contributed by atoms with E-state index in [1.807, 2.05) is 0 Å². The topological polar surface area (TPSA) is 81.9 Å². The quantitative estimate of drug-likeness (QED) is 0.829. The number of halogens is 2. The van der Waals surface area contributed by atoms with Crippen LogP contribution in [0.15, 0.2) is 21.5 Å². The standard InChI is InChI=1S/C12H17BrN2O4S.ClH/c1-8(7-14)15(2)20(16,17)12-6-11-10(5-9(12)13)18-3-4-19-11;/h5-6,8H,3-4,7,14H2,1-2H3;1H. The predicted octanol–water partition coefficient (Wildman–Crippen LogP) is 1.61. The second-order valence-corrected chi connectivity index (χ2v) is 7.35. The van der Waals surface area contributed by atoms with Gasteiger partial charge in [-0.3, -0.25) is 0 Å². The first-order chi connectivity index (χ1) is 9.37. The van der Waals surface area contributed by atoms with Gasteiger partial charge in [-0.1, -0.05) is 0 Å². The highest BCUT2D eigenvalue weighted by atomic mass is 79.9. The van der Waals surface area contributed by atoms with Crippen LogP contribution in [-0.4, -0.2) is 45.6 Å². The van der Waals surface area contributed by atoms with Crippen molar-refractivity contribution in [2.75, 3.05) is 26.8 Å². The Kier molecular flexibility index (Phi) is 6.30. The van der Waals surface area contributed by atoms with Gasteiger partial charge in [-0.2, -0.15) is 4.31 Å². The number of nitrogens with two attached hydrogens (primary N) is 1. The summed E-state index contributed by atoms with van der Waals surface area (Å²) in [7, 11) is -2.13. The molecule has 1 aliphatic heterocycles. The molecule has 9 heteroatoms. The van der Waals surface area contributed by atoms with E-state index in [4.69, 9.17) is 15.2 Å². The molecule has 0 fully saturated rings. The van der Waals surface area contributed by atoms with E-state index in [1.54, 1.807) is 13.0 Å². The van der Waals surface area contributed by atoms with Gasteiger partial charge in [0, 0.05) is 30.2 Å². The number of fused-ring (bicyclic) bond motifs is 1. The maximum Gasteiger partial charge on any atom is 0.244 e. The lowest BCUT2D eigenvalue weighted by molar-refractivity contribution is 0.171. The zero-order chi connectivity index (χ0) is 14.9. The molecule has 2 N–H and O–H groups in total. The van der Waals surface area contributed by atoms with Crippen LogP contribution >= 0.6 is 28.3 Å². The van der Waals surface area contributed by atoms with Gasteiger partial charge in [-0.25, -0.2) is 8.42 Å². The lowest BCUT2D eigenvalue weighted by Gasteiger charge is -2.25. The SMILES string of the molecule is CC(CN)N(C)S(=O)(=O)c1cc2c(cc1Br)OCCO2.Cl. The Morgan fingerprint density at radius 2 is 1.86 bits per heavy atom. The van der Waals surface area contributed by atoms with Crippen molar-refractivity contribution in [3.05, 3.63) is 16.6 Å². The van der Waals surface area contributed by atoms with Gasteiger partial charge < -0.3 is 15.2 Å². The molecule has 0 amide bonds. The maximum atomic E-state index is 12.6. The molecule has 21 heavy (non-hydrogen) atoms. The molecule has 0 aliphatic carbocycles. The molecule has 0 saturated carbocycles. The lowest BCUT2D eigenvalue weighted by Crippen LogP contribution is -2.39. The molecule has 6 nitrogen and oxygen atoms in total. The zero-order valence-electron chi connectivity index (χ0n) is 11.7. The largest absolute Gasteiger partial charge is 0.486 e. The summed E-state index contributed by atoms with van der Waals surface area (Å²) in [6.45, 7) is 2.86. The monoisotopic (exact) mass is 400 g/mol. The second-order valence-electron chi connectivity index (χ2n) is 4.53. The number of hydrogen-bond acceptors (Lipinski definition) is 5. The molecule has 1 aromatic rings. The molecule has 0 spiro atoms. The number of sulfonamides is 1. The van der Waals surface area contributed by atoms with Gasteiger partial charge in [0.2, 0.25) is 10.0 Å². The van der Waals surface area contributed by atoms with E-state index < -0.39 is 10.0 Å². The van der Waals surface area contributed by atoms with Crippen LogP contribution in [0.2, 0.25) is 0 Å². The molecule has 0 aromatic heterocycles. The Hall–Kier alpha value is -0.540. The average molecular weight is 402 g/mol. The first-order valence-electron chi connectivity index (χ1n) is 6.15. The van der Waals surface area contributed by atoms with Crippen molar-refractivity contribution < 1.29 is 17.9 Å². The number of benzene rings is 1. The van der Waals surface area contributed by atoms with Crippen molar-refractivity contribution in [1.82, 2.24) is 4.31 Å². The smallest absolute Gasteiger partial charge is 0.244 e. The molecular formula is C12H18BrClN2O4S. The molecule has 120 valence electrons. The molecule has 1 heterocycles. The van der Waals surface area contributed by atoms with Gasteiger partial charge in [-0.15, -0.1) is 12.4 Å². The Morgan fingerprint density at radius 1 is 1.33 bits per heavy atom. The van der Waals surface area contributed by atoms with Gasteiger partial charge in [0.1, 0.15) is 18.1 Å². The van der Waals surface area contributed by atoms with E-state index in [1.165, 1.54) is 17.4 Å². The zero-order valence-corrected chi connectivity index (χ0v) is 14.9. The van der Waals surface area contributed by atoms with E-state index >= 15 is 0 Å². The van der Waals surface area contributed by atoms with E-state index in [0.29, 0.717) is 29.2 Å². The Labute approximate surface area is 139 Å². The van der Waals surface area contributed by atoms with Crippen LogP contribution in [0.1, 0.15) is 6.92 Å². The number of hydrogen-bond donors (Lipinski definition) is 1. The van der Waals surface area contributed by atoms with Crippen LogP contribution in [0.4, 0.5) is 0 Å². The molecule has 1 aromatic carbocycles. The third kappa shape index (κ3) is 3.62. The van der Waals surface area contributed by atoms with Crippen molar-refractivity contribution in [2.24, 2.45) is 5.73 Å². The Balaban J connectivity index is 0.00000220. The van der Waals surface area contributed by atoms with Gasteiger partial charge in [-0.05, 0) is 28.9 Å². The summed E-state index contributed by atoms with van der Waals surface area (Å²) in [5, 5.41) is 0. The normalized spacial score (nSPS) is 15.5. The number of likely N-dealkylation sites (N-methyl/N-ethyl adjacent to an activating group) is 1. The molecule has 2 rings (SSSR count). The van der Waals surface area contributed by atoms with Crippen LogP contribution < -0.4 is 15.2 Å². The molecule has 0 bridgehead atoms. The molecule has 1 aliphatic rings. The summed E-state index contributed by atoms with van der Waals surface area (Å²) >= 11 is 3.28. The minimum Gasteiger partial charge on any atom is -0.486 e. The van der Waals surface area contributed by atoms with Gasteiger partial charge in [0.05, 0.1) is 0 Å². The molecule has 1 atom stereocenters. The van der Waals surface area contributed by atoms with Crippen molar-refractivity contribution >= 4 is 38.4 Å². The van der Waals surface area contributed by atoms with E-state index in [0.717, 1.165) is 0 Å². The van der Waals surface area contributed by atoms with Crippen LogP contribution in [0, 0.1) is 0 Å². The summed E-state index contributed by atoms with van der Waals surface area (Å²) in [5.74, 6) is 0.975. The van der Waals surface area contributed by atoms with E-state index in [-0.39, 0.29) is 29.9 Å². The summed E-state index contributed by atoms with van der Waals surface area (Å²) in [4.78, 5) is 0.143. The fourth-order valence-electron chi connectivity index (χ4n) is 1.78. The summed E-state index contributed by atoms with van der Waals surface area (Å²) in [6.07, 6.45) is 0. The minimum absolute atomic E-state index is 0. The van der Waals surface area contributed by atoms with Gasteiger partial charge in [0.25, 0.3) is 0 Å². The molecule has 0 saturated heterocycles. The molecule has 1 unspecified atom stereocenters. The average Bonchev–Trinajstić information content (AvgIpc) is 2.44. The number of ether oxygens (including phenoxy) is 2. The fraction of sp³-hybridized carbons (Fsp3) is 0.500. The van der Waals surface area contributed by atoms with E-state index in [9.17, 15) is 8.42 Å². The number of rotatable bonds is 4. The lowest BCUT2D eigenvalue weighted by atomic mass is 10.3. The summed E-state index contributed by atoms with van der Waals surface area (Å²) in [6, 6.07) is 2.80. The van der Waals surface area contributed by atoms with E-state index in [2.05, 4.69) is 15.9 Å². The van der Waals surface area contributed by atoms with Crippen LogP contribution in [0.5, 0.6) is 11.5 Å². The first kappa shape index (κ1) is 18.5. The second kappa shape index (κ2) is 7.15. The minimum atomic E-state index is -3.64. The van der Waals surface area contributed by atoms with Crippen LogP contribution in [-0.2, 0) is 10.0 Å². The van der Waals surface area contributed by atoms with Crippen LogP contribution in [0.25, 0.3) is 0 Å². The van der Waals surface area contributed by atoms with Gasteiger partial charge in [0.15, 0.2) is 11.5 Å². The Bertz CT molecular complexity index is 612. The third-order valence-electron chi connectivity index (χ3n) is 3.22. The fourth-order valence-corrected chi connectivity index (χ4v) is 4.15. The van der Waals surface area contributed by atoms with Crippen molar-refractivity contribution in [3.8, 4) is 11.5 Å². The van der Waals surface area contributed by atoms with Gasteiger partial charge >= 0.3 is 0 Å². The summed E-state index contributed by atoms with van der Waals surface area (Å²) in [5.41, 5.74) is 5.53. The molecule has 0 radical (unpaired) electrons. The predicted molar refractivity (Wildman–Crippen MR) is 85.8 cm³/mol. The maximum absolute atomic E-state index is 12.6. The first-order valence-corrected chi connectivity index (χ1v) is 8.38. The highest BCUT2D eigenvalue weighted by Gasteiger charge is 2.29.